The second-order valence-corrected chi connectivity index (χ2v) is 4.20. The Labute approximate surface area is 90.3 Å². The van der Waals surface area contributed by atoms with Crippen LogP contribution < -0.4 is 0 Å². The Bertz CT molecular complexity index is 324. The minimum Gasteiger partial charge on any atom is -0.364 e. The molecule has 3 nitrogen and oxygen atoms in total. The highest BCUT2D eigenvalue weighted by atomic mass is 16.6. The fourth-order valence-electron chi connectivity index (χ4n) is 2.21. The normalized spacial score (nSPS) is 32.9. The van der Waals surface area contributed by atoms with Crippen molar-refractivity contribution in [2.75, 3.05) is 20.2 Å². The van der Waals surface area contributed by atoms with Crippen LogP contribution in [0.5, 0.6) is 0 Å². The van der Waals surface area contributed by atoms with Crippen LogP contribution in [0.3, 0.4) is 0 Å². The van der Waals surface area contributed by atoms with Gasteiger partial charge in [0.15, 0.2) is 5.79 Å². The van der Waals surface area contributed by atoms with Gasteiger partial charge in [0.1, 0.15) is 0 Å². The van der Waals surface area contributed by atoms with Gasteiger partial charge in [-0.15, -0.1) is 0 Å². The zero-order valence-electron chi connectivity index (χ0n) is 9.18. The zero-order chi connectivity index (χ0) is 10.9. The third-order valence-electron chi connectivity index (χ3n) is 2.90. The molecular weight excluding hydrogens is 190 g/mol. The molecule has 0 bridgehead atoms. The lowest BCUT2D eigenvalue weighted by molar-refractivity contribution is -0.256. The van der Waals surface area contributed by atoms with Crippen molar-refractivity contribution in [3.63, 3.8) is 0 Å². The van der Waals surface area contributed by atoms with Gasteiger partial charge < -0.3 is 9.84 Å². The first-order valence-corrected chi connectivity index (χ1v) is 5.23. The van der Waals surface area contributed by atoms with Crippen LogP contribution in [0.25, 0.3) is 0 Å². The summed E-state index contributed by atoms with van der Waals surface area (Å²) in [4.78, 5) is 2.12. The molecule has 0 radical (unpaired) electrons. The van der Waals surface area contributed by atoms with E-state index >= 15 is 0 Å². The van der Waals surface area contributed by atoms with E-state index in [1.54, 1.807) is 6.92 Å². The first-order chi connectivity index (χ1) is 7.11. The molecule has 1 aliphatic rings. The van der Waals surface area contributed by atoms with Gasteiger partial charge in [0, 0.05) is 6.54 Å². The summed E-state index contributed by atoms with van der Waals surface area (Å²) >= 11 is 0. The molecule has 0 aromatic heterocycles. The number of benzene rings is 1. The highest BCUT2D eigenvalue weighted by Gasteiger charge is 2.40. The van der Waals surface area contributed by atoms with E-state index < -0.39 is 5.79 Å². The Morgan fingerprint density at radius 2 is 2.07 bits per heavy atom. The highest BCUT2D eigenvalue weighted by molar-refractivity contribution is 5.21. The Hall–Kier alpha value is -0.900. The SMILES string of the molecule is CN1CCO[C@](C)(O)[C@@H]1c1ccccc1. The highest BCUT2D eigenvalue weighted by Crippen LogP contribution is 2.34. The molecule has 15 heavy (non-hydrogen) atoms. The molecule has 0 spiro atoms. The summed E-state index contributed by atoms with van der Waals surface area (Å²) in [5, 5.41) is 10.2. The maximum absolute atomic E-state index is 10.2. The van der Waals surface area contributed by atoms with Gasteiger partial charge in [-0.2, -0.15) is 0 Å². The molecule has 0 saturated carbocycles. The number of rotatable bonds is 1. The van der Waals surface area contributed by atoms with E-state index in [1.807, 2.05) is 37.4 Å². The number of morpholine rings is 1. The maximum atomic E-state index is 10.2. The van der Waals surface area contributed by atoms with Gasteiger partial charge in [0.2, 0.25) is 0 Å². The molecule has 0 unspecified atom stereocenters. The molecule has 1 aromatic carbocycles. The number of ether oxygens (including phenoxy) is 1. The van der Waals surface area contributed by atoms with Crippen molar-refractivity contribution in [1.29, 1.82) is 0 Å². The largest absolute Gasteiger partial charge is 0.364 e. The fraction of sp³-hybridized carbons (Fsp3) is 0.500. The lowest BCUT2D eigenvalue weighted by Gasteiger charge is -2.43. The summed E-state index contributed by atoms with van der Waals surface area (Å²) < 4.78 is 5.42. The molecule has 2 atom stereocenters. The van der Waals surface area contributed by atoms with Crippen molar-refractivity contribution in [2.45, 2.75) is 18.8 Å². The van der Waals surface area contributed by atoms with Crippen molar-refractivity contribution in [3.05, 3.63) is 35.9 Å². The minimum atomic E-state index is -1.10. The topological polar surface area (TPSA) is 32.7 Å². The van der Waals surface area contributed by atoms with E-state index in [0.29, 0.717) is 6.61 Å². The number of nitrogens with zero attached hydrogens (tertiary/aromatic N) is 1. The molecule has 2 rings (SSSR count). The summed E-state index contributed by atoms with van der Waals surface area (Å²) in [6.07, 6.45) is 0. The molecule has 1 N–H and O–H groups in total. The Balaban J connectivity index is 2.32. The van der Waals surface area contributed by atoms with Gasteiger partial charge in [-0.1, -0.05) is 30.3 Å². The standard InChI is InChI=1S/C12H17NO2/c1-12(14)11(13(2)8-9-15-12)10-6-4-3-5-7-10/h3-7,11,14H,8-9H2,1-2H3/t11-,12-/m0/s1. The van der Waals surface area contributed by atoms with Gasteiger partial charge in [-0.05, 0) is 19.5 Å². The number of aliphatic hydroxyl groups is 1. The third-order valence-corrected chi connectivity index (χ3v) is 2.90. The van der Waals surface area contributed by atoms with Crippen molar-refractivity contribution < 1.29 is 9.84 Å². The molecule has 3 heteroatoms. The van der Waals surface area contributed by atoms with Crippen LogP contribution in [0, 0.1) is 0 Å². The van der Waals surface area contributed by atoms with E-state index in [1.165, 1.54) is 0 Å². The first kappa shape index (κ1) is 10.6. The average molecular weight is 207 g/mol. The van der Waals surface area contributed by atoms with Crippen LogP contribution in [0.4, 0.5) is 0 Å². The van der Waals surface area contributed by atoms with Gasteiger partial charge in [0.05, 0.1) is 12.6 Å². The second-order valence-electron chi connectivity index (χ2n) is 4.20. The van der Waals surface area contributed by atoms with Crippen molar-refractivity contribution in [2.24, 2.45) is 0 Å². The molecule has 1 heterocycles. The predicted molar refractivity (Wildman–Crippen MR) is 58.4 cm³/mol. The van der Waals surface area contributed by atoms with E-state index in [2.05, 4.69) is 4.90 Å². The maximum Gasteiger partial charge on any atom is 0.182 e. The van der Waals surface area contributed by atoms with Crippen molar-refractivity contribution >= 4 is 0 Å². The molecule has 1 fully saturated rings. The quantitative estimate of drug-likeness (QED) is 0.755. The van der Waals surface area contributed by atoms with E-state index in [4.69, 9.17) is 4.74 Å². The predicted octanol–water partition coefficient (Wildman–Crippen LogP) is 1.40. The second kappa shape index (κ2) is 3.93. The molecule has 82 valence electrons. The lowest BCUT2D eigenvalue weighted by Crippen LogP contribution is -2.50. The van der Waals surface area contributed by atoms with Crippen LogP contribution >= 0.6 is 0 Å². The Morgan fingerprint density at radius 1 is 1.40 bits per heavy atom. The Kier molecular flexibility index (Phi) is 2.78. The van der Waals surface area contributed by atoms with Crippen molar-refractivity contribution in [1.82, 2.24) is 4.90 Å². The average Bonchev–Trinajstić information content (AvgIpc) is 2.17. The van der Waals surface area contributed by atoms with Crippen LogP contribution in [-0.4, -0.2) is 36.0 Å². The number of hydrogen-bond acceptors (Lipinski definition) is 3. The molecule has 1 aromatic rings. The number of hydrogen-bond donors (Lipinski definition) is 1. The van der Waals surface area contributed by atoms with Crippen LogP contribution in [0.15, 0.2) is 30.3 Å². The zero-order valence-corrected chi connectivity index (χ0v) is 9.18. The summed E-state index contributed by atoms with van der Waals surface area (Å²) in [6, 6.07) is 9.88. The van der Waals surface area contributed by atoms with Gasteiger partial charge >= 0.3 is 0 Å². The van der Waals surface area contributed by atoms with E-state index in [0.717, 1.165) is 12.1 Å². The van der Waals surface area contributed by atoms with Gasteiger partial charge in [-0.25, -0.2) is 0 Å². The molecule has 0 amide bonds. The van der Waals surface area contributed by atoms with Gasteiger partial charge in [0.25, 0.3) is 0 Å². The summed E-state index contributed by atoms with van der Waals surface area (Å²) in [6.45, 7) is 3.14. The van der Waals surface area contributed by atoms with Crippen molar-refractivity contribution in [3.8, 4) is 0 Å². The summed E-state index contributed by atoms with van der Waals surface area (Å²) in [5.41, 5.74) is 1.09. The summed E-state index contributed by atoms with van der Waals surface area (Å²) in [5.74, 6) is -1.10. The Morgan fingerprint density at radius 3 is 2.67 bits per heavy atom. The third kappa shape index (κ3) is 2.04. The minimum absolute atomic E-state index is 0.0903. The first-order valence-electron chi connectivity index (χ1n) is 5.23. The van der Waals surface area contributed by atoms with Crippen LogP contribution in [0.2, 0.25) is 0 Å². The van der Waals surface area contributed by atoms with Crippen LogP contribution in [-0.2, 0) is 4.74 Å². The summed E-state index contributed by atoms with van der Waals surface area (Å²) in [7, 11) is 2.01. The molecule has 1 aliphatic heterocycles. The van der Waals surface area contributed by atoms with Gasteiger partial charge in [-0.3, -0.25) is 4.90 Å². The molecule has 1 saturated heterocycles. The van der Waals surface area contributed by atoms with E-state index in [9.17, 15) is 5.11 Å². The molecule has 0 aliphatic carbocycles. The monoisotopic (exact) mass is 207 g/mol. The van der Waals surface area contributed by atoms with Crippen LogP contribution in [0.1, 0.15) is 18.5 Å². The smallest absolute Gasteiger partial charge is 0.182 e. The van der Waals surface area contributed by atoms with E-state index in [-0.39, 0.29) is 6.04 Å². The molecular formula is C12H17NO2. The number of likely N-dealkylation sites (N-methyl/N-ethyl adjacent to an activating group) is 1. The lowest BCUT2D eigenvalue weighted by atomic mass is 9.97. The fourth-order valence-corrected chi connectivity index (χ4v) is 2.21.